The summed E-state index contributed by atoms with van der Waals surface area (Å²) in [6, 6.07) is 0. The molecule has 1 heteroatoms. The maximum atomic E-state index is 5.12. The van der Waals surface area contributed by atoms with Crippen LogP contribution in [0.15, 0.2) is 0 Å². The Morgan fingerprint density at radius 3 is 2.60 bits per heavy atom. The van der Waals surface area contributed by atoms with E-state index in [0.717, 1.165) is 12.5 Å². The molecule has 0 aromatic heterocycles. The maximum Gasteiger partial charge on any atom is 0.0810 e. The third kappa shape index (κ3) is 3.89. The molecule has 1 unspecified atom stereocenters. The van der Waals surface area contributed by atoms with E-state index in [1.807, 2.05) is 0 Å². The molecule has 0 aromatic carbocycles. The van der Waals surface area contributed by atoms with E-state index in [0.29, 0.717) is 6.10 Å². The van der Waals surface area contributed by atoms with E-state index in [9.17, 15) is 0 Å². The van der Waals surface area contributed by atoms with Crippen LogP contribution in [-0.4, -0.2) is 12.7 Å². The normalized spacial score (nSPS) is 23.7. The maximum absolute atomic E-state index is 5.12. The summed E-state index contributed by atoms with van der Waals surface area (Å²) in [4.78, 5) is 0. The largest absolute Gasteiger partial charge is 0.373 e. The molecular formula is C9H18O. The van der Waals surface area contributed by atoms with Crippen molar-refractivity contribution in [2.24, 2.45) is 5.92 Å². The Balaban J connectivity index is 1.76. The van der Waals surface area contributed by atoms with Gasteiger partial charge in [0.2, 0.25) is 0 Å². The Hall–Kier alpha value is -0.0400. The van der Waals surface area contributed by atoms with E-state index < -0.39 is 0 Å². The van der Waals surface area contributed by atoms with Crippen LogP contribution in [0.4, 0.5) is 0 Å². The Bertz CT molecular complexity index is 80.7. The smallest absolute Gasteiger partial charge is 0.0810 e. The zero-order valence-electron chi connectivity index (χ0n) is 7.10. The lowest BCUT2D eigenvalue weighted by molar-refractivity contribution is 0.385. The molecule has 0 aliphatic carbocycles. The van der Waals surface area contributed by atoms with Gasteiger partial charge < -0.3 is 4.74 Å². The van der Waals surface area contributed by atoms with Crippen molar-refractivity contribution in [2.75, 3.05) is 6.61 Å². The molecule has 0 aromatic rings. The van der Waals surface area contributed by atoms with Crippen LogP contribution >= 0.6 is 0 Å². The van der Waals surface area contributed by atoms with Crippen LogP contribution in [0, 0.1) is 5.92 Å². The summed E-state index contributed by atoms with van der Waals surface area (Å²) in [5, 5.41) is 0. The van der Waals surface area contributed by atoms with Crippen molar-refractivity contribution >= 4 is 0 Å². The fraction of sp³-hybridized carbons (Fsp3) is 1.00. The van der Waals surface area contributed by atoms with Crippen molar-refractivity contribution in [1.82, 2.24) is 0 Å². The van der Waals surface area contributed by atoms with E-state index >= 15 is 0 Å². The molecule has 1 rings (SSSR count). The predicted octanol–water partition coefficient (Wildman–Crippen LogP) is 2.60. The molecule has 1 nitrogen and oxygen atoms in total. The molecule has 0 radical (unpaired) electrons. The SMILES string of the molecule is CC(C)CCCCC1CO1. The monoisotopic (exact) mass is 142 g/mol. The minimum atomic E-state index is 0.646. The average molecular weight is 142 g/mol. The van der Waals surface area contributed by atoms with Crippen LogP contribution in [0.25, 0.3) is 0 Å². The zero-order valence-corrected chi connectivity index (χ0v) is 7.10. The van der Waals surface area contributed by atoms with Gasteiger partial charge in [-0.15, -0.1) is 0 Å². The first kappa shape index (κ1) is 8.06. The van der Waals surface area contributed by atoms with Gasteiger partial charge in [0.25, 0.3) is 0 Å². The summed E-state index contributed by atoms with van der Waals surface area (Å²) in [5.41, 5.74) is 0. The summed E-state index contributed by atoms with van der Waals surface area (Å²) in [7, 11) is 0. The number of hydrogen-bond donors (Lipinski definition) is 0. The zero-order chi connectivity index (χ0) is 7.40. The lowest BCUT2D eigenvalue weighted by Crippen LogP contribution is -1.89. The third-order valence-corrected chi connectivity index (χ3v) is 1.96. The number of epoxide rings is 1. The molecule has 0 saturated carbocycles. The van der Waals surface area contributed by atoms with Crippen molar-refractivity contribution < 1.29 is 4.74 Å². The van der Waals surface area contributed by atoms with Gasteiger partial charge >= 0.3 is 0 Å². The standard InChI is InChI=1S/C9H18O/c1-8(2)5-3-4-6-9-7-10-9/h8-9H,3-7H2,1-2H3. The topological polar surface area (TPSA) is 12.5 Å². The van der Waals surface area contributed by atoms with Gasteiger partial charge in [-0.3, -0.25) is 0 Å². The highest BCUT2D eigenvalue weighted by Crippen LogP contribution is 2.18. The summed E-state index contributed by atoms with van der Waals surface area (Å²) in [5.74, 6) is 0.875. The summed E-state index contributed by atoms with van der Waals surface area (Å²) < 4.78 is 5.12. The van der Waals surface area contributed by atoms with Gasteiger partial charge in [-0.25, -0.2) is 0 Å². The first-order valence-electron chi connectivity index (χ1n) is 4.40. The molecule has 1 saturated heterocycles. The van der Waals surface area contributed by atoms with Gasteiger partial charge in [0.05, 0.1) is 12.7 Å². The molecule has 1 atom stereocenters. The Morgan fingerprint density at radius 2 is 2.10 bits per heavy atom. The Morgan fingerprint density at radius 1 is 1.40 bits per heavy atom. The lowest BCUT2D eigenvalue weighted by atomic mass is 10.0. The van der Waals surface area contributed by atoms with Gasteiger partial charge in [-0.1, -0.05) is 33.1 Å². The van der Waals surface area contributed by atoms with Gasteiger partial charge in [-0.05, 0) is 12.3 Å². The van der Waals surface area contributed by atoms with Crippen LogP contribution in [-0.2, 0) is 4.74 Å². The second kappa shape index (κ2) is 3.97. The Labute approximate surface area is 63.8 Å². The van der Waals surface area contributed by atoms with Crippen LogP contribution in [0.5, 0.6) is 0 Å². The molecule has 0 spiro atoms. The summed E-state index contributed by atoms with van der Waals surface area (Å²) in [6.07, 6.45) is 6.08. The molecular weight excluding hydrogens is 124 g/mol. The van der Waals surface area contributed by atoms with Gasteiger partial charge in [0.15, 0.2) is 0 Å². The Kier molecular flexibility index (Phi) is 3.20. The quantitative estimate of drug-likeness (QED) is 0.424. The van der Waals surface area contributed by atoms with E-state index in [2.05, 4.69) is 13.8 Å². The van der Waals surface area contributed by atoms with Crippen LogP contribution < -0.4 is 0 Å². The fourth-order valence-corrected chi connectivity index (χ4v) is 1.16. The summed E-state index contributed by atoms with van der Waals surface area (Å²) >= 11 is 0. The third-order valence-electron chi connectivity index (χ3n) is 1.96. The molecule has 1 fully saturated rings. The van der Waals surface area contributed by atoms with Crippen molar-refractivity contribution in [3.8, 4) is 0 Å². The van der Waals surface area contributed by atoms with E-state index in [4.69, 9.17) is 4.74 Å². The van der Waals surface area contributed by atoms with Crippen LogP contribution in [0.3, 0.4) is 0 Å². The van der Waals surface area contributed by atoms with Crippen molar-refractivity contribution in [1.29, 1.82) is 0 Å². The molecule has 0 amide bonds. The van der Waals surface area contributed by atoms with E-state index in [1.165, 1.54) is 25.7 Å². The number of hydrogen-bond acceptors (Lipinski definition) is 1. The molecule has 10 heavy (non-hydrogen) atoms. The molecule has 1 heterocycles. The average Bonchev–Trinajstić information content (AvgIpc) is 2.62. The first-order valence-corrected chi connectivity index (χ1v) is 4.40. The van der Waals surface area contributed by atoms with Gasteiger partial charge in [0, 0.05) is 0 Å². The molecule has 1 aliphatic rings. The van der Waals surface area contributed by atoms with E-state index in [1.54, 1.807) is 0 Å². The highest BCUT2D eigenvalue weighted by atomic mass is 16.6. The van der Waals surface area contributed by atoms with Crippen LogP contribution in [0.2, 0.25) is 0 Å². The molecule has 60 valence electrons. The highest BCUT2D eigenvalue weighted by Gasteiger charge is 2.20. The van der Waals surface area contributed by atoms with Gasteiger partial charge in [-0.2, -0.15) is 0 Å². The van der Waals surface area contributed by atoms with Crippen molar-refractivity contribution in [3.63, 3.8) is 0 Å². The summed E-state index contributed by atoms with van der Waals surface area (Å²) in [6.45, 7) is 5.60. The van der Waals surface area contributed by atoms with Gasteiger partial charge in [0.1, 0.15) is 0 Å². The number of unbranched alkanes of at least 4 members (excludes halogenated alkanes) is 1. The lowest BCUT2D eigenvalue weighted by Gasteiger charge is -2.01. The second-order valence-electron chi connectivity index (χ2n) is 3.63. The van der Waals surface area contributed by atoms with Crippen molar-refractivity contribution in [3.05, 3.63) is 0 Å². The highest BCUT2D eigenvalue weighted by molar-refractivity contribution is 4.68. The minimum absolute atomic E-state index is 0.646. The molecule has 0 N–H and O–H groups in total. The number of rotatable bonds is 5. The second-order valence-corrected chi connectivity index (χ2v) is 3.63. The van der Waals surface area contributed by atoms with E-state index in [-0.39, 0.29) is 0 Å². The number of ether oxygens (including phenoxy) is 1. The van der Waals surface area contributed by atoms with Crippen molar-refractivity contribution in [2.45, 2.75) is 45.6 Å². The predicted molar refractivity (Wildman–Crippen MR) is 43.0 cm³/mol. The first-order chi connectivity index (χ1) is 4.79. The minimum Gasteiger partial charge on any atom is -0.373 e. The van der Waals surface area contributed by atoms with Crippen LogP contribution in [0.1, 0.15) is 39.5 Å². The molecule has 1 aliphatic heterocycles. The fourth-order valence-electron chi connectivity index (χ4n) is 1.16. The molecule has 0 bridgehead atoms.